The van der Waals surface area contributed by atoms with Crippen molar-refractivity contribution >= 4 is 41.5 Å². The van der Waals surface area contributed by atoms with Crippen LogP contribution in [0.15, 0.2) is 23.2 Å². The minimum Gasteiger partial charge on any atom is -0.497 e. The number of guanidine groups is 1. The van der Waals surface area contributed by atoms with Gasteiger partial charge in [-0.1, -0.05) is 17.7 Å². The molecule has 1 aliphatic rings. The van der Waals surface area contributed by atoms with E-state index in [1.165, 1.54) is 0 Å². The number of nitrogens with one attached hydrogen (secondary N) is 2. The highest BCUT2D eigenvalue weighted by molar-refractivity contribution is 14.0. The van der Waals surface area contributed by atoms with Gasteiger partial charge in [0.15, 0.2) is 11.8 Å². The fourth-order valence-corrected chi connectivity index (χ4v) is 3.50. The van der Waals surface area contributed by atoms with Crippen molar-refractivity contribution in [1.29, 1.82) is 0 Å². The predicted molar refractivity (Wildman–Crippen MR) is 124 cm³/mol. The standard InChI is InChI=1S/C19H27ClN6O2.HI/c1-21-19(22-9-8-13-4-6-15(28-3)10-16(13)20)23-14-5-7-18-24-17(12-27-2)25-26(18)11-14;/h4,6,10,14H,5,7-9,11-12H2,1-3H3,(H2,21,22,23);1H. The molecule has 1 aliphatic heterocycles. The summed E-state index contributed by atoms with van der Waals surface area (Å²) in [5.74, 6) is 3.28. The fourth-order valence-electron chi connectivity index (χ4n) is 3.23. The number of aromatic nitrogens is 3. The molecule has 2 aromatic rings. The SMILES string of the molecule is CN=C(NCCc1ccc(OC)cc1Cl)NC1CCc2nc(COC)nn2C1.I. The molecule has 2 N–H and O–H groups in total. The zero-order chi connectivity index (χ0) is 19.9. The molecule has 0 fully saturated rings. The van der Waals surface area contributed by atoms with Crippen LogP contribution in [0.4, 0.5) is 0 Å². The van der Waals surface area contributed by atoms with Crippen molar-refractivity contribution in [2.24, 2.45) is 4.99 Å². The molecule has 10 heteroatoms. The van der Waals surface area contributed by atoms with Crippen LogP contribution < -0.4 is 15.4 Å². The number of hydrogen-bond donors (Lipinski definition) is 2. The van der Waals surface area contributed by atoms with Gasteiger partial charge in [-0.3, -0.25) is 4.99 Å². The van der Waals surface area contributed by atoms with Crippen LogP contribution in [0, 0.1) is 0 Å². The van der Waals surface area contributed by atoms with Crippen LogP contribution in [0.1, 0.15) is 23.6 Å². The number of benzene rings is 1. The maximum Gasteiger partial charge on any atom is 0.191 e. The third kappa shape index (κ3) is 6.45. The highest BCUT2D eigenvalue weighted by atomic mass is 127. The number of nitrogens with zero attached hydrogens (tertiary/aromatic N) is 4. The number of halogens is 2. The lowest BCUT2D eigenvalue weighted by molar-refractivity contribution is 0.177. The largest absolute Gasteiger partial charge is 0.497 e. The second-order valence-corrected chi connectivity index (χ2v) is 7.05. The number of methoxy groups -OCH3 is 2. The lowest BCUT2D eigenvalue weighted by Crippen LogP contribution is -2.47. The Hall–Kier alpha value is -1.59. The summed E-state index contributed by atoms with van der Waals surface area (Å²) in [6, 6.07) is 5.99. The van der Waals surface area contributed by atoms with Crippen LogP contribution in [-0.4, -0.2) is 54.6 Å². The van der Waals surface area contributed by atoms with Crippen LogP contribution in [-0.2, 0) is 30.7 Å². The number of aryl methyl sites for hydroxylation is 1. The van der Waals surface area contributed by atoms with Gasteiger partial charge in [0, 0.05) is 38.2 Å². The maximum atomic E-state index is 6.31. The van der Waals surface area contributed by atoms with E-state index in [1.807, 2.05) is 22.9 Å². The van der Waals surface area contributed by atoms with Crippen molar-refractivity contribution < 1.29 is 9.47 Å². The molecular weight excluding hydrogens is 507 g/mol. The van der Waals surface area contributed by atoms with Gasteiger partial charge in [-0.15, -0.1) is 24.0 Å². The molecule has 0 radical (unpaired) electrons. The topological polar surface area (TPSA) is 85.6 Å². The highest BCUT2D eigenvalue weighted by Crippen LogP contribution is 2.22. The molecule has 0 saturated heterocycles. The van der Waals surface area contributed by atoms with E-state index in [0.29, 0.717) is 11.6 Å². The van der Waals surface area contributed by atoms with Gasteiger partial charge in [0.1, 0.15) is 18.2 Å². The molecule has 2 heterocycles. The molecule has 8 nitrogen and oxygen atoms in total. The number of ether oxygens (including phenoxy) is 2. The van der Waals surface area contributed by atoms with Crippen LogP contribution >= 0.6 is 35.6 Å². The van der Waals surface area contributed by atoms with E-state index in [4.69, 9.17) is 21.1 Å². The highest BCUT2D eigenvalue weighted by Gasteiger charge is 2.22. The lowest BCUT2D eigenvalue weighted by atomic mass is 10.1. The molecule has 0 spiro atoms. The summed E-state index contributed by atoms with van der Waals surface area (Å²) < 4.78 is 12.3. The Balaban J connectivity index is 0.00000300. The van der Waals surface area contributed by atoms with Gasteiger partial charge in [-0.25, -0.2) is 9.67 Å². The Morgan fingerprint density at radius 1 is 1.38 bits per heavy atom. The Labute approximate surface area is 193 Å². The summed E-state index contributed by atoms with van der Waals surface area (Å²) in [5.41, 5.74) is 1.07. The van der Waals surface area contributed by atoms with Crippen LogP contribution in [0.3, 0.4) is 0 Å². The third-order valence-corrected chi connectivity index (χ3v) is 5.04. The van der Waals surface area contributed by atoms with Gasteiger partial charge in [0.05, 0.1) is 13.7 Å². The first-order valence-corrected chi connectivity index (χ1v) is 9.72. The van der Waals surface area contributed by atoms with Crippen LogP contribution in [0.25, 0.3) is 0 Å². The minimum absolute atomic E-state index is 0. The summed E-state index contributed by atoms with van der Waals surface area (Å²) in [6.07, 6.45) is 2.66. The monoisotopic (exact) mass is 534 g/mol. The van der Waals surface area contributed by atoms with E-state index in [9.17, 15) is 0 Å². The van der Waals surface area contributed by atoms with Crippen LogP contribution in [0.5, 0.6) is 5.75 Å². The zero-order valence-electron chi connectivity index (χ0n) is 16.9. The molecule has 3 rings (SSSR count). The number of rotatable bonds is 7. The van der Waals surface area contributed by atoms with Crippen molar-refractivity contribution in [2.75, 3.05) is 27.8 Å². The van der Waals surface area contributed by atoms with Gasteiger partial charge in [-0.2, -0.15) is 5.10 Å². The summed E-state index contributed by atoms with van der Waals surface area (Å²) in [4.78, 5) is 8.84. The molecule has 1 atom stereocenters. The molecule has 1 unspecified atom stereocenters. The van der Waals surface area contributed by atoms with Crippen molar-refractivity contribution in [1.82, 2.24) is 25.4 Å². The van der Waals surface area contributed by atoms with Gasteiger partial charge < -0.3 is 20.1 Å². The van der Waals surface area contributed by atoms with Crippen molar-refractivity contribution in [3.63, 3.8) is 0 Å². The van der Waals surface area contributed by atoms with Gasteiger partial charge in [0.2, 0.25) is 0 Å². The number of aliphatic imine (C=N–C) groups is 1. The maximum absolute atomic E-state index is 6.31. The molecule has 0 amide bonds. The summed E-state index contributed by atoms with van der Waals surface area (Å²) in [7, 11) is 5.06. The van der Waals surface area contributed by atoms with E-state index in [2.05, 4.69) is 25.7 Å². The van der Waals surface area contributed by atoms with E-state index in [1.54, 1.807) is 21.3 Å². The second-order valence-electron chi connectivity index (χ2n) is 6.65. The average Bonchev–Trinajstić information content (AvgIpc) is 3.10. The minimum atomic E-state index is 0. The van der Waals surface area contributed by atoms with Gasteiger partial charge in [0.25, 0.3) is 0 Å². The number of fused-ring (bicyclic) bond motifs is 1. The quantitative estimate of drug-likeness (QED) is 0.322. The molecule has 29 heavy (non-hydrogen) atoms. The molecule has 0 aliphatic carbocycles. The Kier molecular flexibility index (Phi) is 9.44. The Morgan fingerprint density at radius 2 is 2.21 bits per heavy atom. The third-order valence-electron chi connectivity index (χ3n) is 4.69. The Morgan fingerprint density at radius 3 is 2.90 bits per heavy atom. The van der Waals surface area contributed by atoms with Crippen molar-refractivity contribution in [3.05, 3.63) is 40.4 Å². The Bertz CT molecular complexity index is 829. The molecule has 1 aromatic heterocycles. The summed E-state index contributed by atoms with van der Waals surface area (Å²) in [5, 5.41) is 12.0. The van der Waals surface area contributed by atoms with E-state index in [0.717, 1.165) is 61.3 Å². The van der Waals surface area contributed by atoms with Gasteiger partial charge >= 0.3 is 0 Å². The van der Waals surface area contributed by atoms with E-state index >= 15 is 0 Å². The van der Waals surface area contributed by atoms with E-state index < -0.39 is 0 Å². The normalized spacial score (nSPS) is 16.0. The van der Waals surface area contributed by atoms with Crippen LogP contribution in [0.2, 0.25) is 5.02 Å². The smallest absolute Gasteiger partial charge is 0.191 e. The molecule has 0 saturated carbocycles. The average molecular weight is 535 g/mol. The molecule has 1 aromatic carbocycles. The predicted octanol–water partition coefficient (Wildman–Crippen LogP) is 2.43. The molecule has 160 valence electrons. The number of hydrogen-bond acceptors (Lipinski definition) is 5. The summed E-state index contributed by atoms with van der Waals surface area (Å²) >= 11 is 6.31. The molecular formula is C19H28ClIN6O2. The van der Waals surface area contributed by atoms with Crippen molar-refractivity contribution in [3.8, 4) is 5.75 Å². The van der Waals surface area contributed by atoms with E-state index in [-0.39, 0.29) is 30.0 Å². The first-order valence-electron chi connectivity index (χ1n) is 9.34. The van der Waals surface area contributed by atoms with Gasteiger partial charge in [-0.05, 0) is 30.5 Å². The summed E-state index contributed by atoms with van der Waals surface area (Å²) in [6.45, 7) is 1.93. The zero-order valence-corrected chi connectivity index (χ0v) is 20.0. The fraction of sp³-hybridized carbons (Fsp3) is 0.526. The lowest BCUT2D eigenvalue weighted by Gasteiger charge is -2.25. The first kappa shape index (κ1) is 23.7. The van der Waals surface area contributed by atoms with Crippen molar-refractivity contribution in [2.45, 2.75) is 38.5 Å². The second kappa shape index (κ2) is 11.6. The first-order chi connectivity index (χ1) is 13.6. The molecule has 0 bridgehead atoms.